The fourth-order valence-electron chi connectivity index (χ4n) is 1.32. The second kappa shape index (κ2) is 4.64. The maximum atomic E-state index is 10.9. The number of rotatable bonds is 4. The third-order valence-corrected chi connectivity index (χ3v) is 2.91. The van der Waals surface area contributed by atoms with Gasteiger partial charge < -0.3 is 14.3 Å². The molecule has 0 saturated carbocycles. The lowest BCUT2D eigenvalue weighted by atomic mass is 10.3. The van der Waals surface area contributed by atoms with Crippen LogP contribution in [0.2, 0.25) is 0 Å². The van der Waals surface area contributed by atoms with E-state index in [9.17, 15) is 4.79 Å². The first-order valence-corrected chi connectivity index (χ1v) is 5.58. The molecule has 0 atom stereocenters. The molecule has 7 heteroatoms. The zero-order valence-corrected chi connectivity index (χ0v) is 10.1. The Balaban J connectivity index is 2.43. The van der Waals surface area contributed by atoms with E-state index in [2.05, 4.69) is 9.97 Å². The molecule has 0 amide bonds. The van der Waals surface area contributed by atoms with Gasteiger partial charge in [0.25, 0.3) is 0 Å². The molecular weight excluding hydrogens is 244 g/mol. The molecule has 0 fully saturated rings. The van der Waals surface area contributed by atoms with Crippen LogP contribution in [0.3, 0.4) is 0 Å². The van der Waals surface area contributed by atoms with Crippen molar-refractivity contribution >= 4 is 17.3 Å². The molecule has 0 radical (unpaired) electrons. The van der Waals surface area contributed by atoms with Crippen LogP contribution >= 0.6 is 11.3 Å². The summed E-state index contributed by atoms with van der Waals surface area (Å²) in [6.07, 6.45) is 1.61. The van der Waals surface area contributed by atoms with Gasteiger partial charge in [-0.05, 0) is 6.92 Å². The number of aromatic carboxylic acids is 1. The number of methoxy groups -OCH3 is 1. The van der Waals surface area contributed by atoms with E-state index in [1.165, 1.54) is 18.4 Å². The molecule has 0 saturated heterocycles. The van der Waals surface area contributed by atoms with Crippen molar-refractivity contribution in [3.8, 4) is 10.8 Å². The predicted octanol–water partition coefficient (Wildman–Crippen LogP) is 1.95. The summed E-state index contributed by atoms with van der Waals surface area (Å²) in [7, 11) is 1.47. The lowest BCUT2D eigenvalue weighted by molar-refractivity contribution is 0.0656. The SMILES string of the molecule is COCc1nc(-c2cnc(C)s2)oc1C(=O)O. The molecule has 2 aromatic heterocycles. The summed E-state index contributed by atoms with van der Waals surface area (Å²) in [6, 6.07) is 0. The summed E-state index contributed by atoms with van der Waals surface area (Å²) in [5, 5.41) is 9.82. The van der Waals surface area contributed by atoms with Gasteiger partial charge >= 0.3 is 5.97 Å². The highest BCUT2D eigenvalue weighted by Gasteiger charge is 2.21. The minimum absolute atomic E-state index is 0.100. The molecule has 2 rings (SSSR count). The average molecular weight is 254 g/mol. The van der Waals surface area contributed by atoms with Crippen molar-refractivity contribution in [2.24, 2.45) is 0 Å². The van der Waals surface area contributed by atoms with Crippen LogP contribution in [0.15, 0.2) is 10.6 Å². The monoisotopic (exact) mass is 254 g/mol. The summed E-state index contributed by atoms with van der Waals surface area (Å²) in [4.78, 5) is 19.8. The first-order valence-electron chi connectivity index (χ1n) is 4.76. The number of oxazole rings is 1. The quantitative estimate of drug-likeness (QED) is 0.897. The highest BCUT2D eigenvalue weighted by molar-refractivity contribution is 7.14. The number of carboxylic acids is 1. The minimum Gasteiger partial charge on any atom is -0.475 e. The Morgan fingerprint density at radius 2 is 2.41 bits per heavy atom. The zero-order chi connectivity index (χ0) is 12.4. The van der Waals surface area contributed by atoms with E-state index in [0.717, 1.165) is 5.01 Å². The van der Waals surface area contributed by atoms with E-state index in [-0.39, 0.29) is 24.0 Å². The van der Waals surface area contributed by atoms with Crippen LogP contribution in [0.4, 0.5) is 0 Å². The fourth-order valence-corrected chi connectivity index (χ4v) is 2.02. The second-order valence-electron chi connectivity index (χ2n) is 3.28. The van der Waals surface area contributed by atoms with Gasteiger partial charge in [0.2, 0.25) is 11.7 Å². The Labute approximate surface area is 101 Å². The molecule has 90 valence electrons. The van der Waals surface area contributed by atoms with Crippen LogP contribution in [-0.4, -0.2) is 28.2 Å². The van der Waals surface area contributed by atoms with Gasteiger partial charge in [0.15, 0.2) is 0 Å². The van der Waals surface area contributed by atoms with Gasteiger partial charge in [0.1, 0.15) is 10.6 Å². The van der Waals surface area contributed by atoms with Gasteiger partial charge in [-0.1, -0.05) is 0 Å². The fraction of sp³-hybridized carbons (Fsp3) is 0.300. The molecule has 0 aliphatic carbocycles. The minimum atomic E-state index is -1.16. The van der Waals surface area contributed by atoms with Crippen molar-refractivity contribution in [1.82, 2.24) is 9.97 Å². The van der Waals surface area contributed by atoms with E-state index in [0.29, 0.717) is 4.88 Å². The molecule has 0 spiro atoms. The first kappa shape index (κ1) is 11.7. The Hall–Kier alpha value is -1.73. The van der Waals surface area contributed by atoms with Gasteiger partial charge in [0.05, 0.1) is 17.8 Å². The van der Waals surface area contributed by atoms with E-state index in [4.69, 9.17) is 14.3 Å². The molecule has 0 aliphatic rings. The Bertz CT molecular complexity index is 546. The van der Waals surface area contributed by atoms with Crippen LogP contribution in [0.25, 0.3) is 10.8 Å². The Morgan fingerprint density at radius 1 is 1.65 bits per heavy atom. The van der Waals surface area contributed by atoms with Gasteiger partial charge in [-0.2, -0.15) is 0 Å². The molecule has 2 heterocycles. The number of aromatic nitrogens is 2. The second-order valence-corrected chi connectivity index (χ2v) is 4.51. The molecule has 0 aliphatic heterocycles. The van der Waals surface area contributed by atoms with Crippen molar-refractivity contribution in [2.75, 3.05) is 7.11 Å². The summed E-state index contributed by atoms with van der Waals surface area (Å²) in [5.74, 6) is -1.08. The van der Waals surface area contributed by atoms with Crippen molar-refractivity contribution < 1.29 is 19.1 Å². The van der Waals surface area contributed by atoms with E-state index in [1.807, 2.05) is 6.92 Å². The molecule has 6 nitrogen and oxygen atoms in total. The van der Waals surface area contributed by atoms with Crippen LogP contribution in [0.5, 0.6) is 0 Å². The highest BCUT2D eigenvalue weighted by Crippen LogP contribution is 2.27. The van der Waals surface area contributed by atoms with Crippen molar-refractivity contribution in [3.63, 3.8) is 0 Å². The van der Waals surface area contributed by atoms with Gasteiger partial charge in [-0.25, -0.2) is 14.8 Å². The smallest absolute Gasteiger partial charge is 0.373 e. The lowest BCUT2D eigenvalue weighted by Gasteiger charge is -1.92. The maximum Gasteiger partial charge on any atom is 0.373 e. The topological polar surface area (TPSA) is 85.5 Å². The number of aryl methyl sites for hydroxylation is 1. The third-order valence-electron chi connectivity index (χ3n) is 2.00. The number of carbonyl (C=O) groups is 1. The number of hydrogen-bond donors (Lipinski definition) is 1. The number of nitrogens with zero attached hydrogens (tertiary/aromatic N) is 2. The van der Waals surface area contributed by atoms with Crippen molar-refractivity contribution in [2.45, 2.75) is 13.5 Å². The van der Waals surface area contributed by atoms with E-state index in [1.54, 1.807) is 6.20 Å². The average Bonchev–Trinajstić information content (AvgIpc) is 2.85. The largest absolute Gasteiger partial charge is 0.475 e. The van der Waals surface area contributed by atoms with Crippen LogP contribution in [0, 0.1) is 6.92 Å². The van der Waals surface area contributed by atoms with Gasteiger partial charge in [0, 0.05) is 7.11 Å². The normalized spacial score (nSPS) is 10.7. The predicted molar refractivity (Wildman–Crippen MR) is 60.0 cm³/mol. The van der Waals surface area contributed by atoms with Crippen LogP contribution < -0.4 is 0 Å². The molecule has 17 heavy (non-hydrogen) atoms. The van der Waals surface area contributed by atoms with E-state index < -0.39 is 5.97 Å². The van der Waals surface area contributed by atoms with Crippen LogP contribution in [0.1, 0.15) is 21.3 Å². The zero-order valence-electron chi connectivity index (χ0n) is 9.26. The number of carboxylic acid groups (broad SMARTS) is 1. The highest BCUT2D eigenvalue weighted by atomic mass is 32.1. The Kier molecular flexibility index (Phi) is 3.21. The molecule has 0 unspecified atom stereocenters. The summed E-state index contributed by atoms with van der Waals surface area (Å²) < 4.78 is 10.1. The number of hydrogen-bond acceptors (Lipinski definition) is 6. The maximum absolute atomic E-state index is 10.9. The molecule has 2 aromatic rings. The van der Waals surface area contributed by atoms with Crippen LogP contribution in [-0.2, 0) is 11.3 Å². The van der Waals surface area contributed by atoms with Gasteiger partial charge in [-0.3, -0.25) is 0 Å². The number of ether oxygens (including phenoxy) is 1. The number of thiazole rings is 1. The van der Waals surface area contributed by atoms with E-state index >= 15 is 0 Å². The first-order chi connectivity index (χ1) is 8.11. The van der Waals surface area contributed by atoms with Crippen molar-refractivity contribution in [3.05, 3.63) is 22.7 Å². The summed E-state index contributed by atoms with van der Waals surface area (Å²) in [5.41, 5.74) is 0.279. The lowest BCUT2D eigenvalue weighted by Crippen LogP contribution is -2.00. The molecule has 1 N–H and O–H groups in total. The molecule has 0 bridgehead atoms. The summed E-state index contributed by atoms with van der Waals surface area (Å²) in [6.45, 7) is 1.95. The Morgan fingerprint density at radius 3 is 2.94 bits per heavy atom. The molecular formula is C10H10N2O4S. The molecule has 0 aromatic carbocycles. The van der Waals surface area contributed by atoms with Crippen molar-refractivity contribution in [1.29, 1.82) is 0 Å². The third kappa shape index (κ3) is 2.34. The van der Waals surface area contributed by atoms with Gasteiger partial charge in [-0.15, -0.1) is 11.3 Å². The summed E-state index contributed by atoms with van der Waals surface area (Å²) >= 11 is 1.39. The standard InChI is InChI=1S/C10H10N2O4S/c1-5-11-3-7(17-5)9-12-6(4-15-2)8(16-9)10(13)14/h3H,4H2,1-2H3,(H,13,14).